The summed E-state index contributed by atoms with van der Waals surface area (Å²) < 4.78 is 0. The molecule has 0 radical (unpaired) electrons. The second-order valence-corrected chi connectivity index (χ2v) is 6.83. The van der Waals surface area contributed by atoms with E-state index in [1.54, 1.807) is 0 Å². The van der Waals surface area contributed by atoms with Gasteiger partial charge in [-0.25, -0.2) is 0 Å². The topological polar surface area (TPSA) is 35.5 Å². The van der Waals surface area contributed by atoms with Crippen LogP contribution in [0.2, 0.25) is 5.02 Å². The average Bonchev–Trinajstić information content (AvgIpc) is 2.87. The smallest absolute Gasteiger partial charge is 0.0642 e. The van der Waals surface area contributed by atoms with Crippen molar-refractivity contribution in [1.82, 2.24) is 5.32 Å². The minimum absolute atomic E-state index is 0.284. The molecule has 0 aliphatic carbocycles. The zero-order valence-electron chi connectivity index (χ0n) is 13.1. The molecule has 4 heteroatoms. The maximum absolute atomic E-state index is 9.04. The van der Waals surface area contributed by atoms with Gasteiger partial charge >= 0.3 is 0 Å². The molecule has 1 aliphatic rings. The lowest BCUT2D eigenvalue weighted by atomic mass is 10.1. The molecule has 3 nitrogen and oxygen atoms in total. The summed E-state index contributed by atoms with van der Waals surface area (Å²) in [7, 11) is 0. The van der Waals surface area contributed by atoms with Crippen molar-refractivity contribution < 1.29 is 5.11 Å². The third kappa shape index (κ3) is 4.87. The van der Waals surface area contributed by atoms with Gasteiger partial charge in [0.25, 0.3) is 0 Å². The lowest BCUT2D eigenvalue weighted by molar-refractivity contribution is 0.263. The predicted molar refractivity (Wildman–Crippen MR) is 90.0 cm³/mol. The van der Waals surface area contributed by atoms with Gasteiger partial charge in [0.15, 0.2) is 0 Å². The number of anilines is 1. The Kier molecular flexibility index (Phi) is 6.34. The van der Waals surface area contributed by atoms with Gasteiger partial charge in [0.1, 0.15) is 0 Å². The van der Waals surface area contributed by atoms with E-state index in [4.69, 9.17) is 16.7 Å². The first-order chi connectivity index (χ1) is 10.1. The van der Waals surface area contributed by atoms with Gasteiger partial charge in [-0.2, -0.15) is 0 Å². The molecule has 1 aromatic rings. The first-order valence-electron chi connectivity index (χ1n) is 7.95. The van der Waals surface area contributed by atoms with Crippen molar-refractivity contribution in [1.29, 1.82) is 0 Å². The molecule has 1 aliphatic heterocycles. The molecule has 1 saturated heterocycles. The molecule has 0 aromatic heterocycles. The Balaban J connectivity index is 1.93. The van der Waals surface area contributed by atoms with Gasteiger partial charge < -0.3 is 15.3 Å². The lowest BCUT2D eigenvalue weighted by Gasteiger charge is -2.21. The molecule has 0 saturated carbocycles. The van der Waals surface area contributed by atoms with E-state index in [0.29, 0.717) is 11.8 Å². The van der Waals surface area contributed by atoms with E-state index in [9.17, 15) is 0 Å². The summed E-state index contributed by atoms with van der Waals surface area (Å²) in [6.45, 7) is 8.63. The van der Waals surface area contributed by atoms with E-state index in [1.165, 1.54) is 5.56 Å². The molecule has 1 atom stereocenters. The summed E-state index contributed by atoms with van der Waals surface area (Å²) in [4.78, 5) is 2.34. The van der Waals surface area contributed by atoms with Crippen LogP contribution in [-0.4, -0.2) is 31.3 Å². The Morgan fingerprint density at radius 1 is 1.43 bits per heavy atom. The first kappa shape index (κ1) is 16.6. The number of aliphatic hydroxyl groups excluding tert-OH is 1. The van der Waals surface area contributed by atoms with Crippen LogP contribution in [0.1, 0.15) is 32.3 Å². The van der Waals surface area contributed by atoms with Crippen LogP contribution in [0.5, 0.6) is 0 Å². The Hall–Kier alpha value is -0.770. The van der Waals surface area contributed by atoms with Crippen molar-refractivity contribution >= 4 is 17.3 Å². The Bertz CT molecular complexity index is 450. The van der Waals surface area contributed by atoms with Crippen molar-refractivity contribution in [3.63, 3.8) is 0 Å². The molecule has 0 bridgehead atoms. The SMILES string of the molecule is CC(C)CNCc1ccc(N2CCC(CCO)C2)c(Cl)c1. The summed E-state index contributed by atoms with van der Waals surface area (Å²) >= 11 is 6.46. The van der Waals surface area contributed by atoms with Crippen molar-refractivity contribution in [3.8, 4) is 0 Å². The number of hydrogen-bond donors (Lipinski definition) is 2. The Morgan fingerprint density at radius 3 is 2.90 bits per heavy atom. The van der Waals surface area contributed by atoms with E-state index in [1.807, 2.05) is 0 Å². The largest absolute Gasteiger partial charge is 0.396 e. The molecule has 0 spiro atoms. The van der Waals surface area contributed by atoms with Gasteiger partial charge in [0.05, 0.1) is 10.7 Å². The summed E-state index contributed by atoms with van der Waals surface area (Å²) in [6, 6.07) is 6.37. The molecule has 21 heavy (non-hydrogen) atoms. The van der Waals surface area contributed by atoms with E-state index < -0.39 is 0 Å². The molecule has 2 N–H and O–H groups in total. The van der Waals surface area contributed by atoms with Gasteiger partial charge in [-0.15, -0.1) is 0 Å². The van der Waals surface area contributed by atoms with Crippen LogP contribution in [0.4, 0.5) is 5.69 Å². The number of benzene rings is 1. The molecule has 1 aromatic carbocycles. The minimum Gasteiger partial charge on any atom is -0.396 e. The standard InChI is InChI=1S/C17H27ClN2O/c1-13(2)10-19-11-15-3-4-17(16(18)9-15)20-7-5-14(12-20)6-8-21/h3-4,9,13-14,19,21H,5-8,10-12H2,1-2H3. The highest BCUT2D eigenvalue weighted by molar-refractivity contribution is 6.33. The third-order valence-corrected chi connectivity index (χ3v) is 4.36. The van der Waals surface area contributed by atoms with Crippen LogP contribution < -0.4 is 10.2 Å². The highest BCUT2D eigenvalue weighted by Crippen LogP contribution is 2.32. The van der Waals surface area contributed by atoms with E-state index >= 15 is 0 Å². The number of nitrogens with zero attached hydrogens (tertiary/aromatic N) is 1. The molecule has 1 fully saturated rings. The second-order valence-electron chi connectivity index (χ2n) is 6.42. The van der Waals surface area contributed by atoms with Crippen LogP contribution in [0.25, 0.3) is 0 Å². The molecular weight excluding hydrogens is 284 g/mol. The van der Waals surface area contributed by atoms with Crippen molar-refractivity contribution in [3.05, 3.63) is 28.8 Å². The fourth-order valence-corrected chi connectivity index (χ4v) is 3.21. The highest BCUT2D eigenvalue weighted by atomic mass is 35.5. The van der Waals surface area contributed by atoms with Gasteiger partial charge in [-0.3, -0.25) is 0 Å². The van der Waals surface area contributed by atoms with E-state index in [-0.39, 0.29) is 6.61 Å². The average molecular weight is 311 g/mol. The lowest BCUT2D eigenvalue weighted by Crippen LogP contribution is -2.21. The number of nitrogens with one attached hydrogen (secondary N) is 1. The van der Waals surface area contributed by atoms with Crippen LogP contribution >= 0.6 is 11.6 Å². The Labute approximate surface area is 133 Å². The predicted octanol–water partition coefficient (Wildman–Crippen LogP) is 3.29. The monoisotopic (exact) mass is 310 g/mol. The van der Waals surface area contributed by atoms with Gasteiger partial charge in [0.2, 0.25) is 0 Å². The minimum atomic E-state index is 0.284. The van der Waals surface area contributed by atoms with Crippen LogP contribution in [0, 0.1) is 11.8 Å². The number of rotatable bonds is 7. The molecule has 118 valence electrons. The fourth-order valence-electron chi connectivity index (χ4n) is 2.89. The summed E-state index contributed by atoms with van der Waals surface area (Å²) in [6.07, 6.45) is 2.04. The van der Waals surface area contributed by atoms with Crippen LogP contribution in [0.3, 0.4) is 0 Å². The van der Waals surface area contributed by atoms with Crippen molar-refractivity contribution in [2.24, 2.45) is 11.8 Å². The van der Waals surface area contributed by atoms with E-state index in [2.05, 4.69) is 42.3 Å². The molecule has 2 rings (SSSR count). The maximum Gasteiger partial charge on any atom is 0.0642 e. The quantitative estimate of drug-likeness (QED) is 0.811. The van der Waals surface area contributed by atoms with Gasteiger partial charge in [-0.05, 0) is 48.9 Å². The number of halogens is 1. The number of aliphatic hydroxyl groups is 1. The van der Waals surface area contributed by atoms with Crippen LogP contribution in [0.15, 0.2) is 18.2 Å². The van der Waals surface area contributed by atoms with E-state index in [0.717, 1.165) is 49.7 Å². The number of hydrogen-bond acceptors (Lipinski definition) is 3. The maximum atomic E-state index is 9.04. The summed E-state index contributed by atoms with van der Waals surface area (Å²) in [5.74, 6) is 1.26. The molecule has 1 heterocycles. The van der Waals surface area contributed by atoms with Crippen molar-refractivity contribution in [2.75, 3.05) is 31.1 Å². The summed E-state index contributed by atoms with van der Waals surface area (Å²) in [5, 5.41) is 13.3. The zero-order chi connectivity index (χ0) is 15.2. The zero-order valence-corrected chi connectivity index (χ0v) is 13.9. The second kappa shape index (κ2) is 8.02. The van der Waals surface area contributed by atoms with Gasteiger partial charge in [-0.1, -0.05) is 31.5 Å². The molecule has 1 unspecified atom stereocenters. The fraction of sp³-hybridized carbons (Fsp3) is 0.647. The first-order valence-corrected chi connectivity index (χ1v) is 8.33. The normalized spacial score (nSPS) is 18.7. The molecular formula is C17H27ClN2O. The molecule has 0 amide bonds. The van der Waals surface area contributed by atoms with Gasteiger partial charge in [0, 0.05) is 26.2 Å². The Morgan fingerprint density at radius 2 is 2.24 bits per heavy atom. The van der Waals surface area contributed by atoms with Crippen molar-refractivity contribution in [2.45, 2.75) is 33.2 Å². The highest BCUT2D eigenvalue weighted by Gasteiger charge is 2.23. The summed E-state index contributed by atoms with van der Waals surface area (Å²) in [5.41, 5.74) is 2.36. The third-order valence-electron chi connectivity index (χ3n) is 4.06. The van der Waals surface area contributed by atoms with Crippen LogP contribution in [-0.2, 0) is 6.54 Å².